The summed E-state index contributed by atoms with van der Waals surface area (Å²) in [5.74, 6) is -0.0372. The molecule has 0 spiro atoms. The predicted molar refractivity (Wildman–Crippen MR) is 215 cm³/mol. The molecule has 2 aliphatic rings. The molecular weight excluding hydrogens is 659 g/mol. The average molecular weight is 708 g/mol. The summed E-state index contributed by atoms with van der Waals surface area (Å²) >= 11 is 0. The SMILES string of the molecule is CC(NC(=O)OCC1c2ccccc2-c2ccccc21)C(=O)N1CCN(c2ccc(C(c3ccc(N(C)C)cc3)c3ccc(N(C)C)cc3)cc2)CC1. The van der Waals surface area contributed by atoms with Gasteiger partial charge in [0.05, 0.1) is 0 Å². The first-order valence-electron chi connectivity index (χ1n) is 18.5. The van der Waals surface area contributed by atoms with E-state index in [-0.39, 0.29) is 24.3 Å². The number of piperazine rings is 1. The van der Waals surface area contributed by atoms with E-state index in [9.17, 15) is 9.59 Å². The third-order valence-electron chi connectivity index (χ3n) is 10.7. The summed E-state index contributed by atoms with van der Waals surface area (Å²) in [5.41, 5.74) is 11.9. The molecule has 5 aromatic carbocycles. The molecule has 8 nitrogen and oxygen atoms in total. The number of anilines is 3. The maximum absolute atomic E-state index is 13.4. The highest BCUT2D eigenvalue weighted by Gasteiger charge is 2.30. The van der Waals surface area contributed by atoms with Crippen molar-refractivity contribution in [3.63, 3.8) is 0 Å². The number of hydrogen-bond acceptors (Lipinski definition) is 6. The van der Waals surface area contributed by atoms with Gasteiger partial charge < -0.3 is 29.7 Å². The van der Waals surface area contributed by atoms with Crippen molar-refractivity contribution in [1.29, 1.82) is 0 Å². The van der Waals surface area contributed by atoms with Gasteiger partial charge in [-0.1, -0.05) is 84.9 Å². The molecule has 2 amide bonds. The van der Waals surface area contributed by atoms with Crippen molar-refractivity contribution in [2.75, 3.05) is 75.7 Å². The molecule has 1 aliphatic heterocycles. The molecule has 1 atom stereocenters. The maximum Gasteiger partial charge on any atom is 0.407 e. The molecule has 8 heteroatoms. The summed E-state index contributed by atoms with van der Waals surface area (Å²) in [5, 5.41) is 2.78. The normalized spacial score (nSPS) is 14.4. The quantitative estimate of drug-likeness (QED) is 0.151. The van der Waals surface area contributed by atoms with Crippen LogP contribution in [0.4, 0.5) is 21.9 Å². The number of ether oxygens (including phenoxy) is 1. The fourth-order valence-corrected chi connectivity index (χ4v) is 7.72. The minimum absolute atomic E-state index is 0.0311. The van der Waals surface area contributed by atoms with E-state index in [1.807, 2.05) is 29.2 Å². The highest BCUT2D eigenvalue weighted by molar-refractivity contribution is 5.85. The van der Waals surface area contributed by atoms with Crippen molar-refractivity contribution >= 4 is 29.1 Å². The van der Waals surface area contributed by atoms with Crippen LogP contribution < -0.4 is 20.0 Å². The van der Waals surface area contributed by atoms with Gasteiger partial charge in [-0.3, -0.25) is 4.79 Å². The van der Waals surface area contributed by atoms with Gasteiger partial charge in [0.1, 0.15) is 12.6 Å². The van der Waals surface area contributed by atoms with Crippen molar-refractivity contribution in [3.8, 4) is 11.1 Å². The molecule has 1 saturated heterocycles. The van der Waals surface area contributed by atoms with E-state index in [2.05, 4.69) is 145 Å². The lowest BCUT2D eigenvalue weighted by Crippen LogP contribution is -2.54. The van der Waals surface area contributed by atoms with Crippen molar-refractivity contribution in [2.45, 2.75) is 24.8 Å². The van der Waals surface area contributed by atoms with Crippen LogP contribution in [0.25, 0.3) is 11.1 Å². The Labute approximate surface area is 313 Å². The number of amides is 2. The Morgan fingerprint density at radius 2 is 1.11 bits per heavy atom. The first-order chi connectivity index (χ1) is 25.7. The number of carbonyl (C=O) groups is 2. The summed E-state index contributed by atoms with van der Waals surface area (Å²) in [4.78, 5) is 34.7. The van der Waals surface area contributed by atoms with E-state index < -0.39 is 12.1 Å². The minimum atomic E-state index is -0.688. The molecule has 1 unspecified atom stereocenters. The molecule has 0 radical (unpaired) electrons. The number of benzene rings is 5. The zero-order valence-electron chi connectivity index (χ0n) is 31.3. The zero-order valence-corrected chi connectivity index (χ0v) is 31.3. The summed E-state index contributed by atoms with van der Waals surface area (Å²) in [6.45, 7) is 4.53. The number of hydrogen-bond donors (Lipinski definition) is 1. The third kappa shape index (κ3) is 7.58. The molecule has 1 fully saturated rings. The van der Waals surface area contributed by atoms with Crippen LogP contribution in [0.1, 0.15) is 46.6 Å². The molecule has 0 bridgehead atoms. The number of fused-ring (bicyclic) bond motifs is 3. The largest absolute Gasteiger partial charge is 0.449 e. The predicted octanol–water partition coefficient (Wildman–Crippen LogP) is 7.57. The Bertz CT molecular complexity index is 1940. The van der Waals surface area contributed by atoms with Gasteiger partial charge in [0, 0.05) is 83.3 Å². The van der Waals surface area contributed by atoms with Gasteiger partial charge in [0.25, 0.3) is 0 Å². The smallest absolute Gasteiger partial charge is 0.407 e. The average Bonchev–Trinajstić information content (AvgIpc) is 3.51. The van der Waals surface area contributed by atoms with E-state index in [4.69, 9.17) is 4.74 Å². The molecule has 1 aliphatic carbocycles. The lowest BCUT2D eigenvalue weighted by Gasteiger charge is -2.37. The molecule has 0 saturated carbocycles. The Morgan fingerprint density at radius 3 is 1.58 bits per heavy atom. The van der Waals surface area contributed by atoms with E-state index in [0.717, 1.165) is 16.8 Å². The molecular formula is C45H49N5O3. The summed E-state index contributed by atoms with van der Waals surface area (Å²) < 4.78 is 5.70. The monoisotopic (exact) mass is 707 g/mol. The second kappa shape index (κ2) is 15.5. The van der Waals surface area contributed by atoms with E-state index >= 15 is 0 Å². The van der Waals surface area contributed by atoms with Gasteiger partial charge in [-0.25, -0.2) is 4.79 Å². The van der Waals surface area contributed by atoms with Crippen molar-refractivity contribution in [1.82, 2.24) is 10.2 Å². The number of nitrogens with one attached hydrogen (secondary N) is 1. The number of nitrogens with zero attached hydrogens (tertiary/aromatic N) is 4. The third-order valence-corrected chi connectivity index (χ3v) is 10.7. The van der Waals surface area contributed by atoms with Gasteiger partial charge in [0.15, 0.2) is 0 Å². The number of carbonyl (C=O) groups excluding carboxylic acids is 2. The standard InChI is InChI=1S/C45H49N5O3/c1-31(46-45(52)53-30-42-40-12-8-6-10-38(40)39-11-7-9-13-41(39)42)44(51)50-28-26-49(27-29-50)37-24-18-34(19-25-37)43(32-14-20-35(21-15-32)47(2)3)33-16-22-36(23-17-33)48(4)5/h6-25,31,42-43H,26-30H2,1-5H3,(H,46,52). The summed E-state index contributed by atoms with van der Waals surface area (Å²) in [6, 6.07) is 42.3. The van der Waals surface area contributed by atoms with E-state index in [1.165, 1.54) is 39.2 Å². The summed E-state index contributed by atoms with van der Waals surface area (Å²) in [7, 11) is 8.24. The van der Waals surface area contributed by atoms with Gasteiger partial charge in [0.2, 0.25) is 5.91 Å². The van der Waals surface area contributed by atoms with Crippen LogP contribution in [0.2, 0.25) is 0 Å². The van der Waals surface area contributed by atoms with Gasteiger partial charge in [-0.2, -0.15) is 0 Å². The Balaban J connectivity index is 0.951. The van der Waals surface area contributed by atoms with Crippen LogP contribution in [0.5, 0.6) is 0 Å². The summed E-state index contributed by atoms with van der Waals surface area (Å²) in [6.07, 6.45) is -0.577. The number of rotatable bonds is 10. The molecule has 53 heavy (non-hydrogen) atoms. The lowest BCUT2D eigenvalue weighted by molar-refractivity contribution is -0.133. The molecule has 1 N–H and O–H groups in total. The van der Waals surface area contributed by atoms with Crippen LogP contribution in [-0.2, 0) is 9.53 Å². The molecule has 5 aromatic rings. The highest BCUT2D eigenvalue weighted by atomic mass is 16.5. The van der Waals surface area contributed by atoms with Crippen molar-refractivity contribution in [3.05, 3.63) is 149 Å². The van der Waals surface area contributed by atoms with Crippen LogP contribution in [-0.4, -0.2) is 83.9 Å². The lowest BCUT2D eigenvalue weighted by atomic mass is 9.85. The first kappa shape index (κ1) is 35.6. The first-order valence-corrected chi connectivity index (χ1v) is 18.5. The number of alkyl carbamates (subject to hydrolysis) is 1. The van der Waals surface area contributed by atoms with Gasteiger partial charge >= 0.3 is 6.09 Å². The Kier molecular flexibility index (Phi) is 10.4. The van der Waals surface area contributed by atoms with E-state index in [0.29, 0.717) is 26.2 Å². The van der Waals surface area contributed by atoms with Gasteiger partial charge in [-0.15, -0.1) is 0 Å². The fraction of sp³-hybridized carbons (Fsp3) is 0.289. The fourth-order valence-electron chi connectivity index (χ4n) is 7.72. The molecule has 272 valence electrons. The van der Waals surface area contributed by atoms with Crippen molar-refractivity contribution < 1.29 is 14.3 Å². The minimum Gasteiger partial charge on any atom is -0.449 e. The molecule has 7 rings (SSSR count). The maximum atomic E-state index is 13.4. The van der Waals surface area contributed by atoms with Gasteiger partial charge in [-0.05, 0) is 82.3 Å². The Morgan fingerprint density at radius 1 is 0.660 bits per heavy atom. The highest BCUT2D eigenvalue weighted by Crippen LogP contribution is 2.44. The van der Waals surface area contributed by atoms with Crippen LogP contribution in [0, 0.1) is 0 Å². The molecule has 1 heterocycles. The topological polar surface area (TPSA) is 68.4 Å². The molecule has 0 aromatic heterocycles. The van der Waals surface area contributed by atoms with E-state index in [1.54, 1.807) is 6.92 Å². The van der Waals surface area contributed by atoms with Crippen LogP contribution in [0.15, 0.2) is 121 Å². The van der Waals surface area contributed by atoms with Crippen molar-refractivity contribution in [2.24, 2.45) is 0 Å². The second-order valence-corrected chi connectivity index (χ2v) is 14.5. The Hall–Kier alpha value is -5.76. The second-order valence-electron chi connectivity index (χ2n) is 14.5. The van der Waals surface area contributed by atoms with Crippen LogP contribution in [0.3, 0.4) is 0 Å². The zero-order chi connectivity index (χ0) is 37.1. The van der Waals surface area contributed by atoms with Crippen LogP contribution >= 0.6 is 0 Å².